The minimum atomic E-state index is -0.704. The van der Waals surface area contributed by atoms with Crippen molar-refractivity contribution in [2.24, 2.45) is 7.05 Å². The molecule has 0 radical (unpaired) electrons. The molecule has 1 aromatic heterocycles. The van der Waals surface area contributed by atoms with Crippen molar-refractivity contribution in [3.8, 4) is 0 Å². The van der Waals surface area contributed by atoms with E-state index in [2.05, 4.69) is 10.6 Å². The van der Waals surface area contributed by atoms with Gasteiger partial charge in [-0.25, -0.2) is 4.79 Å². The van der Waals surface area contributed by atoms with Crippen LogP contribution in [0, 0.1) is 6.92 Å². The number of aromatic nitrogens is 1. The summed E-state index contributed by atoms with van der Waals surface area (Å²) >= 11 is 6.50. The highest BCUT2D eigenvalue weighted by Gasteiger charge is 2.40. The molecule has 0 spiro atoms. The summed E-state index contributed by atoms with van der Waals surface area (Å²) in [4.78, 5) is 39.4. The summed E-state index contributed by atoms with van der Waals surface area (Å²) in [6.45, 7) is 10.1. The van der Waals surface area contributed by atoms with Crippen LogP contribution < -0.4 is 10.6 Å². The smallest absolute Gasteiger partial charge is 0.410 e. The number of nitrogens with one attached hydrogen (secondary N) is 2. The van der Waals surface area contributed by atoms with E-state index in [1.54, 1.807) is 11.0 Å². The number of carbonyl (C=O) groups is 3. The predicted octanol–water partition coefficient (Wildman–Crippen LogP) is 4.17. The molecule has 3 amide bonds. The average molecular weight is 491 g/mol. The minimum absolute atomic E-state index is 0.139. The fourth-order valence-electron chi connectivity index (χ4n) is 4.47. The summed E-state index contributed by atoms with van der Waals surface area (Å²) in [7, 11) is 1.83. The number of nitrogens with zero attached hydrogens (tertiary/aromatic N) is 2. The van der Waals surface area contributed by atoms with Gasteiger partial charge in [0.1, 0.15) is 11.3 Å². The lowest BCUT2D eigenvalue weighted by Crippen LogP contribution is -2.61. The van der Waals surface area contributed by atoms with Gasteiger partial charge in [0.2, 0.25) is 5.91 Å². The number of rotatable bonds is 5. The molecule has 3 rings (SSSR count). The van der Waals surface area contributed by atoms with E-state index in [9.17, 15) is 14.4 Å². The maximum Gasteiger partial charge on any atom is 0.410 e. The molecule has 9 heteroatoms. The summed E-state index contributed by atoms with van der Waals surface area (Å²) in [6, 6.07) is 5.68. The van der Waals surface area contributed by atoms with E-state index in [1.807, 2.05) is 51.4 Å². The maximum absolute atomic E-state index is 13.5. The number of aryl methyl sites for hydroxylation is 2. The zero-order chi connectivity index (χ0) is 25.3. The summed E-state index contributed by atoms with van der Waals surface area (Å²) in [5.74, 6) is -0.388. The van der Waals surface area contributed by atoms with Gasteiger partial charge in [-0.05, 0) is 64.7 Å². The lowest BCUT2D eigenvalue weighted by molar-refractivity contribution is -0.119. The van der Waals surface area contributed by atoms with Gasteiger partial charge >= 0.3 is 6.09 Å². The monoisotopic (exact) mass is 490 g/mol. The highest BCUT2D eigenvalue weighted by molar-refractivity contribution is 6.36. The molecular weight excluding hydrogens is 456 g/mol. The Kier molecular flexibility index (Phi) is 7.50. The molecule has 0 aliphatic carbocycles. The minimum Gasteiger partial charge on any atom is -0.444 e. The second kappa shape index (κ2) is 9.86. The first-order valence-corrected chi connectivity index (χ1v) is 12.0. The Hall–Kier alpha value is -2.74. The summed E-state index contributed by atoms with van der Waals surface area (Å²) in [5.41, 5.74) is 0.976. The number of piperidine rings is 1. The first-order valence-electron chi connectivity index (χ1n) is 11.6. The Morgan fingerprint density at radius 2 is 1.94 bits per heavy atom. The number of carbonyl (C=O) groups excluding carboxylic acids is 3. The van der Waals surface area contributed by atoms with E-state index in [0.29, 0.717) is 49.6 Å². The van der Waals surface area contributed by atoms with Gasteiger partial charge in [-0.3, -0.25) is 9.59 Å². The Bertz CT molecular complexity index is 1100. The molecule has 8 nitrogen and oxygen atoms in total. The largest absolute Gasteiger partial charge is 0.444 e. The van der Waals surface area contributed by atoms with Crippen LogP contribution in [0.15, 0.2) is 18.2 Å². The molecule has 2 heterocycles. The van der Waals surface area contributed by atoms with Crippen molar-refractivity contribution in [2.45, 2.75) is 65.0 Å². The van der Waals surface area contributed by atoms with Gasteiger partial charge in [-0.2, -0.15) is 0 Å². The number of likely N-dealkylation sites (tertiary alicyclic amines) is 1. The van der Waals surface area contributed by atoms with Gasteiger partial charge in [0, 0.05) is 44.5 Å². The number of benzene rings is 1. The number of hydrogen-bond acceptors (Lipinski definition) is 4. The van der Waals surface area contributed by atoms with Crippen LogP contribution in [0.3, 0.4) is 0 Å². The zero-order valence-corrected chi connectivity index (χ0v) is 21.6. The highest BCUT2D eigenvalue weighted by Crippen LogP contribution is 2.31. The number of hydrogen-bond donors (Lipinski definition) is 2. The predicted molar refractivity (Wildman–Crippen MR) is 133 cm³/mol. The normalized spacial score (nSPS) is 18.6. The lowest BCUT2D eigenvalue weighted by Gasteiger charge is -2.43. The van der Waals surface area contributed by atoms with Gasteiger partial charge in [0.05, 0.1) is 10.6 Å². The van der Waals surface area contributed by atoms with Crippen LogP contribution >= 0.6 is 11.6 Å². The van der Waals surface area contributed by atoms with Crippen molar-refractivity contribution in [3.05, 3.63) is 34.5 Å². The Morgan fingerprint density at radius 1 is 1.24 bits per heavy atom. The van der Waals surface area contributed by atoms with E-state index in [0.717, 1.165) is 16.5 Å². The lowest BCUT2D eigenvalue weighted by atomic mass is 9.85. The van der Waals surface area contributed by atoms with Crippen LogP contribution in [0.4, 0.5) is 4.79 Å². The molecule has 1 unspecified atom stereocenters. The molecule has 0 bridgehead atoms. The molecule has 1 aliphatic rings. The van der Waals surface area contributed by atoms with Crippen LogP contribution in [0.25, 0.3) is 10.9 Å². The molecule has 1 aliphatic heterocycles. The SMILES string of the molecule is CC(=O)NCCC1(NC(=O)c2cc3c(Cl)c(C)ccc3n2C)CCCN(C(=O)OC(C)(C)C)C1. The van der Waals surface area contributed by atoms with Gasteiger partial charge in [0.15, 0.2) is 0 Å². The molecular formula is C25H35ClN4O4. The van der Waals surface area contributed by atoms with Gasteiger partial charge < -0.3 is 24.8 Å². The Morgan fingerprint density at radius 3 is 2.59 bits per heavy atom. The average Bonchev–Trinajstić information content (AvgIpc) is 3.06. The fourth-order valence-corrected chi connectivity index (χ4v) is 4.68. The Labute approximate surface area is 205 Å². The van der Waals surface area contributed by atoms with Gasteiger partial charge in [-0.1, -0.05) is 17.7 Å². The first kappa shape index (κ1) is 25.9. The molecule has 0 saturated carbocycles. The van der Waals surface area contributed by atoms with Crippen molar-refractivity contribution < 1.29 is 19.1 Å². The van der Waals surface area contributed by atoms with Crippen LogP contribution in [0.5, 0.6) is 0 Å². The van der Waals surface area contributed by atoms with Gasteiger partial charge in [-0.15, -0.1) is 0 Å². The molecule has 34 heavy (non-hydrogen) atoms. The zero-order valence-electron chi connectivity index (χ0n) is 20.9. The third-order valence-electron chi connectivity index (χ3n) is 6.17. The van der Waals surface area contributed by atoms with E-state index >= 15 is 0 Å². The van der Waals surface area contributed by atoms with Crippen molar-refractivity contribution in [1.82, 2.24) is 20.1 Å². The highest BCUT2D eigenvalue weighted by atomic mass is 35.5. The maximum atomic E-state index is 13.5. The molecule has 1 fully saturated rings. The van der Waals surface area contributed by atoms with Crippen LogP contribution in [0.2, 0.25) is 5.02 Å². The topological polar surface area (TPSA) is 92.7 Å². The van der Waals surface area contributed by atoms with E-state index in [4.69, 9.17) is 16.3 Å². The van der Waals surface area contributed by atoms with Crippen LogP contribution in [-0.4, -0.2) is 58.1 Å². The summed E-state index contributed by atoms with van der Waals surface area (Å²) < 4.78 is 7.40. The third kappa shape index (κ3) is 5.84. The Balaban J connectivity index is 1.88. The summed E-state index contributed by atoms with van der Waals surface area (Å²) in [6.07, 6.45) is 1.47. The van der Waals surface area contributed by atoms with E-state index in [-0.39, 0.29) is 11.8 Å². The molecule has 1 atom stereocenters. The van der Waals surface area contributed by atoms with Crippen molar-refractivity contribution in [1.29, 1.82) is 0 Å². The van der Waals surface area contributed by atoms with E-state index in [1.165, 1.54) is 6.92 Å². The second-order valence-corrected chi connectivity index (χ2v) is 10.6. The standard InChI is InChI=1S/C25H35ClN4O4/c1-16-8-9-19-18(21(16)26)14-20(29(19)6)22(32)28-25(11-12-27-17(2)31)10-7-13-30(15-25)23(33)34-24(3,4)5/h8-9,14H,7,10-13,15H2,1-6H3,(H,27,31)(H,28,32). The molecule has 186 valence electrons. The van der Waals surface area contributed by atoms with Crippen LogP contribution in [0.1, 0.15) is 63.0 Å². The number of halogens is 1. The fraction of sp³-hybridized carbons (Fsp3) is 0.560. The first-order chi connectivity index (χ1) is 15.8. The van der Waals surface area contributed by atoms with Crippen molar-refractivity contribution in [3.63, 3.8) is 0 Å². The van der Waals surface area contributed by atoms with E-state index < -0.39 is 17.2 Å². The molecule has 1 saturated heterocycles. The number of fused-ring (bicyclic) bond motifs is 1. The quantitative estimate of drug-likeness (QED) is 0.658. The molecule has 1 aromatic carbocycles. The third-order valence-corrected chi connectivity index (χ3v) is 6.67. The summed E-state index contributed by atoms with van der Waals surface area (Å²) in [5, 5.41) is 7.46. The number of ether oxygens (including phenoxy) is 1. The van der Waals surface area contributed by atoms with Crippen LogP contribution in [-0.2, 0) is 16.6 Å². The van der Waals surface area contributed by atoms with Crippen molar-refractivity contribution in [2.75, 3.05) is 19.6 Å². The number of amides is 3. The second-order valence-electron chi connectivity index (χ2n) is 10.2. The molecule has 2 N–H and O–H groups in total. The molecule has 2 aromatic rings. The van der Waals surface area contributed by atoms with Crippen molar-refractivity contribution >= 4 is 40.4 Å². The van der Waals surface area contributed by atoms with Gasteiger partial charge in [0.25, 0.3) is 5.91 Å².